The number of pyridine rings is 1. The number of anilines is 1. The van der Waals surface area contributed by atoms with E-state index < -0.39 is 10.9 Å². The molecule has 0 saturated carbocycles. The molecule has 0 unspecified atom stereocenters. The summed E-state index contributed by atoms with van der Waals surface area (Å²) in [6.07, 6.45) is 1.89. The molecule has 1 saturated heterocycles. The number of carbonyl (C=O) groups is 2. The van der Waals surface area contributed by atoms with E-state index in [0.29, 0.717) is 13.1 Å². The van der Waals surface area contributed by atoms with Crippen molar-refractivity contribution in [3.8, 4) is 0 Å². The van der Waals surface area contributed by atoms with Gasteiger partial charge in [-0.3, -0.25) is 14.9 Å². The molecule has 1 aliphatic heterocycles. The minimum atomic E-state index is -1.29. The molecule has 2 heterocycles. The summed E-state index contributed by atoms with van der Waals surface area (Å²) in [7, 11) is 0. The summed E-state index contributed by atoms with van der Waals surface area (Å²) in [4.78, 5) is 38.2. The number of likely N-dealkylation sites (tertiary alicyclic amines) is 1. The van der Waals surface area contributed by atoms with Gasteiger partial charge in [0.25, 0.3) is 0 Å². The van der Waals surface area contributed by atoms with Gasteiger partial charge < -0.3 is 15.3 Å². The lowest BCUT2D eigenvalue weighted by atomic mass is 10.3. The maximum absolute atomic E-state index is 11.9. The topological polar surface area (TPSA) is 126 Å². The van der Waals surface area contributed by atoms with Crippen LogP contribution in [-0.4, -0.2) is 51.4 Å². The zero-order valence-corrected chi connectivity index (χ0v) is 11.1. The minimum Gasteiger partial charge on any atom is -0.477 e. The molecule has 9 nitrogen and oxygen atoms in total. The van der Waals surface area contributed by atoms with Crippen LogP contribution in [0.4, 0.5) is 11.5 Å². The fraction of sp³-hybridized carbons (Fsp3) is 0.417. The van der Waals surface area contributed by atoms with E-state index in [4.69, 9.17) is 5.11 Å². The maximum atomic E-state index is 11.9. The Balaban J connectivity index is 2.12. The van der Waals surface area contributed by atoms with Crippen LogP contribution in [0, 0.1) is 10.1 Å². The van der Waals surface area contributed by atoms with Crippen molar-refractivity contribution >= 4 is 23.4 Å². The SMILES string of the molecule is O=C(O)c1ccc([N+](=O)[O-])c(NCC(=O)N2CCCC2)n1. The highest BCUT2D eigenvalue weighted by atomic mass is 16.6. The third-order valence-corrected chi connectivity index (χ3v) is 3.16. The average molecular weight is 294 g/mol. The van der Waals surface area contributed by atoms with Crippen molar-refractivity contribution in [1.29, 1.82) is 0 Å². The van der Waals surface area contributed by atoms with E-state index in [2.05, 4.69) is 10.3 Å². The lowest BCUT2D eigenvalue weighted by Crippen LogP contribution is -2.33. The van der Waals surface area contributed by atoms with Crippen LogP contribution in [0.15, 0.2) is 12.1 Å². The molecule has 1 aromatic rings. The van der Waals surface area contributed by atoms with Gasteiger partial charge in [0.15, 0.2) is 5.69 Å². The molecule has 0 atom stereocenters. The molecule has 1 amide bonds. The van der Waals surface area contributed by atoms with Crippen molar-refractivity contribution < 1.29 is 19.6 Å². The van der Waals surface area contributed by atoms with Crippen LogP contribution >= 0.6 is 0 Å². The molecule has 9 heteroatoms. The maximum Gasteiger partial charge on any atom is 0.354 e. The Bertz CT molecular complexity index is 583. The summed E-state index contributed by atoms with van der Waals surface area (Å²) in [6, 6.07) is 2.10. The number of nitrogens with zero attached hydrogens (tertiary/aromatic N) is 3. The van der Waals surface area contributed by atoms with Gasteiger partial charge in [-0.05, 0) is 18.9 Å². The fourth-order valence-corrected chi connectivity index (χ4v) is 2.09. The molecule has 0 radical (unpaired) electrons. The molecule has 1 aromatic heterocycles. The monoisotopic (exact) mass is 294 g/mol. The van der Waals surface area contributed by atoms with Gasteiger partial charge in [-0.1, -0.05) is 0 Å². The normalized spacial score (nSPS) is 14.0. The first kappa shape index (κ1) is 14.7. The van der Waals surface area contributed by atoms with Gasteiger partial charge >= 0.3 is 11.7 Å². The van der Waals surface area contributed by atoms with Crippen LogP contribution in [-0.2, 0) is 4.79 Å². The lowest BCUT2D eigenvalue weighted by Gasteiger charge is -2.15. The summed E-state index contributed by atoms with van der Waals surface area (Å²) < 4.78 is 0. The van der Waals surface area contributed by atoms with Crippen LogP contribution in [0.25, 0.3) is 0 Å². The zero-order valence-electron chi connectivity index (χ0n) is 11.1. The van der Waals surface area contributed by atoms with Crippen LogP contribution in [0.3, 0.4) is 0 Å². The Morgan fingerprint density at radius 3 is 2.62 bits per heavy atom. The summed E-state index contributed by atoms with van der Waals surface area (Å²) in [5.74, 6) is -1.70. The quantitative estimate of drug-likeness (QED) is 0.605. The van der Waals surface area contributed by atoms with Crippen LogP contribution in [0.2, 0.25) is 0 Å². The average Bonchev–Trinajstić information content (AvgIpc) is 2.98. The molecular formula is C12H14N4O5. The highest BCUT2D eigenvalue weighted by molar-refractivity contribution is 5.87. The molecular weight excluding hydrogens is 280 g/mol. The van der Waals surface area contributed by atoms with Gasteiger partial charge in [-0.25, -0.2) is 9.78 Å². The van der Waals surface area contributed by atoms with E-state index >= 15 is 0 Å². The van der Waals surface area contributed by atoms with E-state index in [1.165, 1.54) is 0 Å². The van der Waals surface area contributed by atoms with E-state index in [-0.39, 0.29) is 29.7 Å². The Hall–Kier alpha value is -2.71. The number of rotatable bonds is 5. The van der Waals surface area contributed by atoms with Gasteiger partial charge in [0, 0.05) is 19.2 Å². The van der Waals surface area contributed by atoms with Gasteiger partial charge in [0.1, 0.15) is 0 Å². The summed E-state index contributed by atoms with van der Waals surface area (Å²) in [6.45, 7) is 1.19. The second-order valence-electron chi connectivity index (χ2n) is 4.57. The molecule has 0 spiro atoms. The Kier molecular flexibility index (Phi) is 4.31. The number of nitro groups is 1. The molecule has 0 aromatic carbocycles. The van der Waals surface area contributed by atoms with Crippen molar-refractivity contribution in [3.63, 3.8) is 0 Å². The molecule has 2 N–H and O–H groups in total. The molecule has 2 rings (SSSR count). The van der Waals surface area contributed by atoms with Crippen LogP contribution < -0.4 is 5.32 Å². The smallest absolute Gasteiger partial charge is 0.354 e. The summed E-state index contributed by atoms with van der Waals surface area (Å²) in [5.41, 5.74) is -0.689. The van der Waals surface area contributed by atoms with Gasteiger partial charge in [-0.15, -0.1) is 0 Å². The highest BCUT2D eigenvalue weighted by Crippen LogP contribution is 2.22. The lowest BCUT2D eigenvalue weighted by molar-refractivity contribution is -0.384. The largest absolute Gasteiger partial charge is 0.477 e. The first-order chi connectivity index (χ1) is 9.99. The van der Waals surface area contributed by atoms with Crippen molar-refractivity contribution in [3.05, 3.63) is 27.9 Å². The zero-order chi connectivity index (χ0) is 15.4. The molecule has 112 valence electrons. The number of aromatic nitrogens is 1. The Morgan fingerprint density at radius 2 is 2.05 bits per heavy atom. The van der Waals surface area contributed by atoms with Crippen molar-refractivity contribution in [2.24, 2.45) is 0 Å². The highest BCUT2D eigenvalue weighted by Gasteiger charge is 2.21. The first-order valence-electron chi connectivity index (χ1n) is 6.39. The van der Waals surface area contributed by atoms with E-state index in [0.717, 1.165) is 25.0 Å². The Labute approximate surface area is 119 Å². The van der Waals surface area contributed by atoms with E-state index in [1.807, 2.05) is 0 Å². The predicted molar refractivity (Wildman–Crippen MR) is 72.2 cm³/mol. The van der Waals surface area contributed by atoms with E-state index in [9.17, 15) is 19.7 Å². The fourth-order valence-electron chi connectivity index (χ4n) is 2.09. The summed E-state index contributed by atoms with van der Waals surface area (Å²) in [5, 5.41) is 22.3. The standard InChI is InChI=1S/C12H14N4O5/c17-10(15-5-1-2-6-15)7-13-11-9(16(20)21)4-3-8(14-11)12(18)19/h3-4H,1-2,5-7H2,(H,13,14)(H,18,19). The van der Waals surface area contributed by atoms with Crippen LogP contribution in [0.5, 0.6) is 0 Å². The molecule has 0 aliphatic carbocycles. The number of hydrogen-bond acceptors (Lipinski definition) is 6. The number of carbonyl (C=O) groups excluding carboxylic acids is 1. The van der Waals surface area contributed by atoms with Crippen molar-refractivity contribution in [1.82, 2.24) is 9.88 Å². The first-order valence-corrected chi connectivity index (χ1v) is 6.39. The number of hydrogen-bond donors (Lipinski definition) is 2. The van der Waals surface area contributed by atoms with Crippen LogP contribution in [0.1, 0.15) is 23.3 Å². The van der Waals surface area contributed by atoms with Crippen molar-refractivity contribution in [2.75, 3.05) is 25.0 Å². The van der Waals surface area contributed by atoms with E-state index in [1.54, 1.807) is 4.90 Å². The van der Waals surface area contributed by atoms with Gasteiger partial charge in [0.2, 0.25) is 11.7 Å². The molecule has 1 aliphatic rings. The minimum absolute atomic E-state index is 0.156. The summed E-state index contributed by atoms with van der Waals surface area (Å²) >= 11 is 0. The molecule has 21 heavy (non-hydrogen) atoms. The molecule has 0 bridgehead atoms. The predicted octanol–water partition coefficient (Wildman–Crippen LogP) is 0.722. The number of amides is 1. The number of aromatic carboxylic acids is 1. The second-order valence-corrected chi connectivity index (χ2v) is 4.57. The second kappa shape index (κ2) is 6.16. The van der Waals surface area contributed by atoms with Crippen molar-refractivity contribution in [2.45, 2.75) is 12.8 Å². The number of nitrogens with one attached hydrogen (secondary N) is 1. The third-order valence-electron chi connectivity index (χ3n) is 3.16. The van der Waals surface area contributed by atoms with Gasteiger partial charge in [0.05, 0.1) is 11.5 Å². The van der Waals surface area contributed by atoms with Gasteiger partial charge in [-0.2, -0.15) is 0 Å². The third kappa shape index (κ3) is 3.44. The number of carboxylic acids is 1. The molecule has 1 fully saturated rings. The number of carboxylic acid groups (broad SMARTS) is 1. The Morgan fingerprint density at radius 1 is 1.38 bits per heavy atom.